The lowest BCUT2D eigenvalue weighted by Gasteiger charge is -2.26. The van der Waals surface area contributed by atoms with E-state index in [2.05, 4.69) is 158 Å². The number of anilines is 6. The summed E-state index contributed by atoms with van der Waals surface area (Å²) in [5, 5.41) is 0. The minimum Gasteiger partial charge on any atom is -0.463 e. The Bertz CT molecular complexity index is 2070. The molecule has 0 aliphatic heterocycles. The highest BCUT2D eigenvalue weighted by atomic mass is 16.5. The largest absolute Gasteiger partial charge is 0.463 e. The van der Waals surface area contributed by atoms with Crippen molar-refractivity contribution in [3.63, 3.8) is 0 Å². The van der Waals surface area contributed by atoms with E-state index in [9.17, 15) is 9.59 Å². The highest BCUT2D eigenvalue weighted by Crippen LogP contribution is 2.38. The maximum Gasteiger partial charge on any atom is 0.330 e. The lowest BCUT2D eigenvalue weighted by molar-refractivity contribution is -0.138. The van der Waals surface area contributed by atoms with Crippen LogP contribution in [0.2, 0.25) is 0 Å². The molecule has 6 aromatic rings. The molecule has 0 amide bonds. The predicted octanol–water partition coefficient (Wildman–Crippen LogP) is 12.4. The Balaban J connectivity index is 1.16. The third-order valence-electron chi connectivity index (χ3n) is 9.44. The first-order valence-corrected chi connectivity index (χ1v) is 19.2. The van der Waals surface area contributed by atoms with Crippen LogP contribution in [-0.4, -0.2) is 25.2 Å². The molecular formula is C50H48N2O5. The van der Waals surface area contributed by atoms with Crippen molar-refractivity contribution in [3.05, 3.63) is 193 Å². The molecule has 0 bridgehead atoms. The molecule has 0 fully saturated rings. The number of rotatable bonds is 18. The summed E-state index contributed by atoms with van der Waals surface area (Å²) in [5.41, 5.74) is 10.9. The van der Waals surface area contributed by atoms with Gasteiger partial charge in [-0.2, -0.15) is 0 Å². The van der Waals surface area contributed by atoms with E-state index >= 15 is 0 Å². The molecule has 0 heterocycles. The number of aryl methyl sites for hydroxylation is 4. The summed E-state index contributed by atoms with van der Waals surface area (Å²) >= 11 is 0. The zero-order valence-electron chi connectivity index (χ0n) is 32.6. The fourth-order valence-corrected chi connectivity index (χ4v) is 6.38. The second-order valence-corrected chi connectivity index (χ2v) is 13.7. The highest BCUT2D eigenvalue weighted by molar-refractivity contribution is 5.82. The summed E-state index contributed by atoms with van der Waals surface area (Å²) in [5.74, 6) is 0.669. The summed E-state index contributed by atoms with van der Waals surface area (Å²) in [7, 11) is 0. The van der Waals surface area contributed by atoms with Crippen molar-refractivity contribution in [1.29, 1.82) is 0 Å². The van der Waals surface area contributed by atoms with Crippen LogP contribution in [-0.2, 0) is 31.9 Å². The van der Waals surface area contributed by atoms with E-state index in [-0.39, 0.29) is 0 Å². The van der Waals surface area contributed by atoms with E-state index in [1.165, 1.54) is 34.4 Å². The third-order valence-corrected chi connectivity index (χ3v) is 9.44. The maximum absolute atomic E-state index is 11.4. The molecule has 0 saturated carbocycles. The topological polar surface area (TPSA) is 68.3 Å². The molecule has 57 heavy (non-hydrogen) atoms. The average molecular weight is 757 g/mol. The molecule has 6 aromatic carbocycles. The fraction of sp³-hybridized carbons (Fsp3) is 0.160. The Hall–Kier alpha value is -6.86. The summed E-state index contributed by atoms with van der Waals surface area (Å²) in [6, 6.07) is 50.2. The minimum absolute atomic E-state index is 0.363. The van der Waals surface area contributed by atoms with Gasteiger partial charge in [-0.1, -0.05) is 72.8 Å². The van der Waals surface area contributed by atoms with E-state index in [1.54, 1.807) is 0 Å². The lowest BCUT2D eigenvalue weighted by atomic mass is 10.1. The molecule has 0 atom stereocenters. The molecule has 0 N–H and O–H groups in total. The second kappa shape index (κ2) is 19.6. The standard InChI is InChI=1S/C50H48N2O5/c1-5-49(53)55-35-7-9-39-15-23-43(24-16-39)51(41-19-11-37(3)12-20-41)45-27-31-47(32-28-45)57-48-33-29-46(30-34-48)52(42-21-13-38(4)14-22-42)44-25-17-40(18-26-44)10-8-36-56-50(54)6-2/h5-6,11-34H,1-2,7-10,35-36H2,3-4H3. The lowest BCUT2D eigenvalue weighted by Crippen LogP contribution is -2.10. The number of esters is 2. The fourth-order valence-electron chi connectivity index (χ4n) is 6.38. The summed E-state index contributed by atoms with van der Waals surface area (Å²) < 4.78 is 16.6. The molecule has 0 radical (unpaired) electrons. The van der Waals surface area contributed by atoms with Crippen LogP contribution >= 0.6 is 0 Å². The number of carbonyl (C=O) groups is 2. The minimum atomic E-state index is -0.395. The van der Waals surface area contributed by atoms with Gasteiger partial charge in [-0.3, -0.25) is 0 Å². The van der Waals surface area contributed by atoms with Gasteiger partial charge in [0.05, 0.1) is 13.2 Å². The Morgan fingerprint density at radius 1 is 0.456 bits per heavy atom. The predicted molar refractivity (Wildman–Crippen MR) is 231 cm³/mol. The highest BCUT2D eigenvalue weighted by Gasteiger charge is 2.15. The number of ether oxygens (including phenoxy) is 3. The zero-order chi connectivity index (χ0) is 40.0. The SMILES string of the molecule is C=CC(=O)OCCCc1ccc(N(c2ccc(C)cc2)c2ccc(Oc3ccc(N(c4ccc(C)cc4)c4ccc(CCCOC(=O)C=C)cc4)cc3)cc2)cc1. The molecule has 0 unspecified atom stereocenters. The van der Waals surface area contributed by atoms with Gasteiger partial charge in [0.15, 0.2) is 0 Å². The van der Waals surface area contributed by atoms with Crippen molar-refractivity contribution in [2.24, 2.45) is 0 Å². The quantitative estimate of drug-likeness (QED) is 0.0491. The normalized spacial score (nSPS) is 10.6. The first kappa shape index (κ1) is 39.8. The Kier molecular flexibility index (Phi) is 13.7. The van der Waals surface area contributed by atoms with Crippen LogP contribution in [0, 0.1) is 13.8 Å². The van der Waals surface area contributed by atoms with Gasteiger partial charge in [0.2, 0.25) is 0 Å². The molecule has 7 heteroatoms. The van der Waals surface area contributed by atoms with Gasteiger partial charge in [0, 0.05) is 46.3 Å². The zero-order valence-corrected chi connectivity index (χ0v) is 32.6. The summed E-state index contributed by atoms with van der Waals surface area (Å²) in [6.45, 7) is 11.8. The molecule has 288 valence electrons. The molecule has 7 nitrogen and oxygen atoms in total. The Morgan fingerprint density at radius 2 is 0.737 bits per heavy atom. The van der Waals surface area contributed by atoms with Crippen molar-refractivity contribution < 1.29 is 23.8 Å². The van der Waals surface area contributed by atoms with Crippen LogP contribution in [0.4, 0.5) is 34.1 Å². The number of hydrogen-bond acceptors (Lipinski definition) is 7. The van der Waals surface area contributed by atoms with Crippen LogP contribution in [0.15, 0.2) is 171 Å². The summed E-state index contributed by atoms with van der Waals surface area (Å²) in [6.07, 6.45) is 5.46. The van der Waals surface area contributed by atoms with E-state index in [0.717, 1.165) is 71.3 Å². The number of benzene rings is 6. The van der Waals surface area contributed by atoms with Gasteiger partial charge in [0.1, 0.15) is 11.5 Å². The van der Waals surface area contributed by atoms with E-state index in [0.29, 0.717) is 13.2 Å². The molecule has 6 rings (SSSR count). The van der Waals surface area contributed by atoms with Gasteiger partial charge in [-0.25, -0.2) is 9.59 Å². The van der Waals surface area contributed by atoms with Crippen molar-refractivity contribution in [2.75, 3.05) is 23.0 Å². The Labute approximate surface area is 336 Å². The maximum atomic E-state index is 11.4. The van der Waals surface area contributed by atoms with E-state index in [4.69, 9.17) is 14.2 Å². The van der Waals surface area contributed by atoms with Crippen LogP contribution in [0.25, 0.3) is 0 Å². The number of hydrogen-bond donors (Lipinski definition) is 0. The van der Waals surface area contributed by atoms with Gasteiger partial charge in [-0.05, 0) is 148 Å². The third kappa shape index (κ3) is 11.1. The smallest absolute Gasteiger partial charge is 0.330 e. The van der Waals surface area contributed by atoms with Gasteiger partial charge < -0.3 is 24.0 Å². The van der Waals surface area contributed by atoms with Crippen LogP contribution in [0.3, 0.4) is 0 Å². The monoisotopic (exact) mass is 756 g/mol. The first-order valence-electron chi connectivity index (χ1n) is 19.2. The molecule has 0 spiro atoms. The number of nitrogens with zero attached hydrogens (tertiary/aromatic N) is 2. The first-order chi connectivity index (χ1) is 27.8. The van der Waals surface area contributed by atoms with Crippen LogP contribution in [0.1, 0.15) is 35.1 Å². The summed E-state index contributed by atoms with van der Waals surface area (Å²) in [4.78, 5) is 27.2. The molecule has 0 aliphatic rings. The molecule has 0 saturated heterocycles. The molecule has 0 aromatic heterocycles. The van der Waals surface area contributed by atoms with E-state index < -0.39 is 11.9 Å². The Morgan fingerprint density at radius 3 is 1.04 bits per heavy atom. The van der Waals surface area contributed by atoms with Crippen molar-refractivity contribution in [2.45, 2.75) is 39.5 Å². The van der Waals surface area contributed by atoms with E-state index in [1.807, 2.05) is 24.3 Å². The molecule has 0 aliphatic carbocycles. The van der Waals surface area contributed by atoms with Crippen LogP contribution < -0.4 is 14.5 Å². The van der Waals surface area contributed by atoms with Gasteiger partial charge in [0.25, 0.3) is 0 Å². The number of carbonyl (C=O) groups excluding carboxylic acids is 2. The van der Waals surface area contributed by atoms with Gasteiger partial charge >= 0.3 is 11.9 Å². The second-order valence-electron chi connectivity index (χ2n) is 13.7. The van der Waals surface area contributed by atoms with Crippen LogP contribution in [0.5, 0.6) is 11.5 Å². The average Bonchev–Trinajstić information content (AvgIpc) is 3.24. The van der Waals surface area contributed by atoms with Crippen molar-refractivity contribution >= 4 is 46.1 Å². The van der Waals surface area contributed by atoms with Crippen molar-refractivity contribution in [1.82, 2.24) is 0 Å². The molecular weight excluding hydrogens is 709 g/mol. The van der Waals surface area contributed by atoms with Crippen molar-refractivity contribution in [3.8, 4) is 11.5 Å². The van der Waals surface area contributed by atoms with Gasteiger partial charge in [-0.15, -0.1) is 0 Å².